The van der Waals surface area contributed by atoms with Crippen molar-refractivity contribution in [2.24, 2.45) is 0 Å². The molecule has 0 aliphatic carbocycles. The molecule has 0 unspecified atom stereocenters. The average Bonchev–Trinajstić information content (AvgIpc) is 2.97. The second kappa shape index (κ2) is 7.63. The van der Waals surface area contributed by atoms with Crippen LogP contribution in [0.5, 0.6) is 0 Å². The van der Waals surface area contributed by atoms with Gasteiger partial charge in [-0.3, -0.25) is 9.69 Å². The van der Waals surface area contributed by atoms with E-state index in [0.717, 1.165) is 49.3 Å². The van der Waals surface area contributed by atoms with E-state index in [2.05, 4.69) is 27.1 Å². The van der Waals surface area contributed by atoms with Crippen molar-refractivity contribution in [2.75, 3.05) is 26.3 Å². The molecule has 0 saturated carbocycles. The first-order valence-electron chi connectivity index (χ1n) is 8.41. The summed E-state index contributed by atoms with van der Waals surface area (Å²) >= 11 is 0. The van der Waals surface area contributed by atoms with Gasteiger partial charge in [0.25, 0.3) is 0 Å². The molecule has 7 heteroatoms. The standard InChI is InChI=1S/C17H24N4O3/c1-12(21-6-8-24-9-7-21)2-5-16(22)18-11-13-3-4-14-15(10-13)20-17(23)19-14/h3-4,10,12H,2,5-9,11H2,1H3,(H,18,22)(H2,19,20,23)/t12-/m1/s1. The summed E-state index contributed by atoms with van der Waals surface area (Å²) in [5.74, 6) is 0.0535. The molecule has 1 atom stereocenters. The molecule has 3 rings (SSSR count). The highest BCUT2D eigenvalue weighted by molar-refractivity contribution is 5.77. The van der Waals surface area contributed by atoms with Gasteiger partial charge in [-0.05, 0) is 31.0 Å². The highest BCUT2D eigenvalue weighted by atomic mass is 16.5. The Hall–Kier alpha value is -2.12. The minimum Gasteiger partial charge on any atom is -0.379 e. The zero-order valence-electron chi connectivity index (χ0n) is 13.9. The maximum absolute atomic E-state index is 12.1. The van der Waals surface area contributed by atoms with Crippen LogP contribution >= 0.6 is 0 Å². The third kappa shape index (κ3) is 4.24. The number of aromatic amines is 2. The molecule has 2 aromatic rings. The SMILES string of the molecule is C[C@H](CCC(=O)NCc1ccc2[nH]c(=O)[nH]c2c1)N1CCOCC1. The molecular formula is C17H24N4O3. The van der Waals surface area contributed by atoms with Crippen LogP contribution < -0.4 is 11.0 Å². The molecule has 1 aliphatic heterocycles. The second-order valence-electron chi connectivity index (χ2n) is 6.27. The van der Waals surface area contributed by atoms with E-state index in [1.807, 2.05) is 18.2 Å². The second-order valence-corrected chi connectivity index (χ2v) is 6.27. The van der Waals surface area contributed by atoms with Gasteiger partial charge in [-0.1, -0.05) is 6.07 Å². The summed E-state index contributed by atoms with van der Waals surface area (Å²) in [5, 5.41) is 2.94. The molecule has 1 aromatic carbocycles. The van der Waals surface area contributed by atoms with E-state index in [9.17, 15) is 9.59 Å². The van der Waals surface area contributed by atoms with Gasteiger partial charge in [-0.25, -0.2) is 4.79 Å². The molecule has 24 heavy (non-hydrogen) atoms. The van der Waals surface area contributed by atoms with E-state index in [0.29, 0.717) is 19.0 Å². The molecule has 0 radical (unpaired) electrons. The zero-order valence-corrected chi connectivity index (χ0v) is 13.9. The number of imidazole rings is 1. The summed E-state index contributed by atoms with van der Waals surface area (Å²) in [6.45, 7) is 6.07. The van der Waals surface area contributed by atoms with Crippen molar-refractivity contribution in [1.82, 2.24) is 20.2 Å². The maximum atomic E-state index is 12.1. The van der Waals surface area contributed by atoms with E-state index < -0.39 is 0 Å². The number of morpholine rings is 1. The number of hydrogen-bond acceptors (Lipinski definition) is 4. The highest BCUT2D eigenvalue weighted by Gasteiger charge is 2.17. The van der Waals surface area contributed by atoms with E-state index in [4.69, 9.17) is 4.74 Å². The van der Waals surface area contributed by atoms with E-state index >= 15 is 0 Å². The molecule has 2 heterocycles. The van der Waals surface area contributed by atoms with Crippen molar-refractivity contribution in [2.45, 2.75) is 32.4 Å². The molecule has 1 saturated heterocycles. The van der Waals surface area contributed by atoms with Crippen LogP contribution in [0.25, 0.3) is 11.0 Å². The molecule has 1 aromatic heterocycles. The average molecular weight is 332 g/mol. The van der Waals surface area contributed by atoms with Gasteiger partial charge >= 0.3 is 5.69 Å². The lowest BCUT2D eigenvalue weighted by molar-refractivity contribution is -0.121. The summed E-state index contributed by atoms with van der Waals surface area (Å²) in [5.41, 5.74) is 2.28. The van der Waals surface area contributed by atoms with Crippen LogP contribution in [0.3, 0.4) is 0 Å². The summed E-state index contributed by atoms with van der Waals surface area (Å²) < 4.78 is 5.35. The first kappa shape index (κ1) is 16.7. The molecular weight excluding hydrogens is 308 g/mol. The lowest BCUT2D eigenvalue weighted by Gasteiger charge is -2.32. The molecule has 0 bridgehead atoms. The molecule has 130 valence electrons. The molecule has 3 N–H and O–H groups in total. The number of benzene rings is 1. The summed E-state index contributed by atoms with van der Waals surface area (Å²) in [6.07, 6.45) is 1.36. The largest absolute Gasteiger partial charge is 0.379 e. The van der Waals surface area contributed by atoms with Crippen molar-refractivity contribution < 1.29 is 9.53 Å². The van der Waals surface area contributed by atoms with Crippen molar-refractivity contribution in [3.8, 4) is 0 Å². The van der Waals surface area contributed by atoms with Gasteiger partial charge in [0.15, 0.2) is 0 Å². The van der Waals surface area contributed by atoms with Gasteiger partial charge in [-0.2, -0.15) is 0 Å². The number of H-pyrrole nitrogens is 2. The van der Waals surface area contributed by atoms with Crippen LogP contribution in [-0.2, 0) is 16.1 Å². The normalized spacial score (nSPS) is 17.0. The van der Waals surface area contributed by atoms with Crippen LogP contribution in [0.15, 0.2) is 23.0 Å². The number of nitrogens with one attached hydrogen (secondary N) is 3. The van der Waals surface area contributed by atoms with Crippen LogP contribution in [-0.4, -0.2) is 53.1 Å². The summed E-state index contributed by atoms with van der Waals surface area (Å²) in [7, 11) is 0. The van der Waals surface area contributed by atoms with Crippen molar-refractivity contribution in [3.05, 3.63) is 34.2 Å². The number of aromatic nitrogens is 2. The Morgan fingerprint density at radius 3 is 2.83 bits per heavy atom. The number of ether oxygens (including phenoxy) is 1. The summed E-state index contributed by atoms with van der Waals surface area (Å²) in [6, 6.07) is 6.02. The Labute approximate surface area is 140 Å². The lowest BCUT2D eigenvalue weighted by atomic mass is 10.1. The fourth-order valence-electron chi connectivity index (χ4n) is 3.02. The smallest absolute Gasteiger partial charge is 0.323 e. The van der Waals surface area contributed by atoms with Crippen LogP contribution in [0.4, 0.5) is 0 Å². The maximum Gasteiger partial charge on any atom is 0.323 e. The molecule has 0 spiro atoms. The van der Waals surface area contributed by atoms with Gasteiger partial charge in [0.1, 0.15) is 0 Å². The van der Waals surface area contributed by atoms with E-state index in [-0.39, 0.29) is 11.6 Å². The monoisotopic (exact) mass is 332 g/mol. The highest BCUT2D eigenvalue weighted by Crippen LogP contribution is 2.11. The first-order valence-corrected chi connectivity index (χ1v) is 8.41. The van der Waals surface area contributed by atoms with Gasteiger partial charge in [0.2, 0.25) is 5.91 Å². The Morgan fingerprint density at radius 1 is 1.29 bits per heavy atom. The summed E-state index contributed by atoms with van der Waals surface area (Å²) in [4.78, 5) is 31.1. The number of amides is 1. The van der Waals surface area contributed by atoms with Crippen molar-refractivity contribution >= 4 is 16.9 Å². The minimum atomic E-state index is -0.219. The molecule has 7 nitrogen and oxygen atoms in total. The Balaban J connectivity index is 1.45. The third-order valence-corrected chi connectivity index (χ3v) is 4.53. The van der Waals surface area contributed by atoms with Gasteiger partial charge in [0.05, 0.1) is 24.2 Å². The quantitative estimate of drug-likeness (QED) is 0.735. The van der Waals surface area contributed by atoms with Crippen molar-refractivity contribution in [3.63, 3.8) is 0 Å². The number of hydrogen-bond donors (Lipinski definition) is 3. The van der Waals surface area contributed by atoms with Gasteiger partial charge in [-0.15, -0.1) is 0 Å². The first-order chi connectivity index (χ1) is 11.6. The van der Waals surface area contributed by atoms with Gasteiger partial charge in [0, 0.05) is 32.1 Å². The lowest BCUT2D eigenvalue weighted by Crippen LogP contribution is -2.42. The van der Waals surface area contributed by atoms with Crippen molar-refractivity contribution in [1.29, 1.82) is 0 Å². The fraction of sp³-hybridized carbons (Fsp3) is 0.529. The number of nitrogens with zero attached hydrogens (tertiary/aromatic N) is 1. The van der Waals surface area contributed by atoms with Crippen LogP contribution in [0.2, 0.25) is 0 Å². The Kier molecular flexibility index (Phi) is 5.32. The number of rotatable bonds is 6. The number of carbonyl (C=O) groups excluding carboxylic acids is 1. The minimum absolute atomic E-state index is 0.0535. The number of fused-ring (bicyclic) bond motifs is 1. The third-order valence-electron chi connectivity index (χ3n) is 4.53. The fourth-order valence-corrected chi connectivity index (χ4v) is 3.02. The van der Waals surface area contributed by atoms with Crippen LogP contribution in [0, 0.1) is 0 Å². The molecule has 1 amide bonds. The Morgan fingerprint density at radius 2 is 2.04 bits per heavy atom. The van der Waals surface area contributed by atoms with E-state index in [1.165, 1.54) is 0 Å². The predicted octanol–water partition coefficient (Wildman–Crippen LogP) is 0.973. The molecule has 1 aliphatic rings. The predicted molar refractivity (Wildman–Crippen MR) is 91.9 cm³/mol. The number of carbonyl (C=O) groups is 1. The van der Waals surface area contributed by atoms with Crippen LogP contribution in [0.1, 0.15) is 25.3 Å². The van der Waals surface area contributed by atoms with Gasteiger partial charge < -0.3 is 20.0 Å². The zero-order chi connectivity index (χ0) is 16.9. The Bertz CT molecular complexity index is 746. The molecule has 1 fully saturated rings. The topological polar surface area (TPSA) is 90.2 Å². The van der Waals surface area contributed by atoms with E-state index in [1.54, 1.807) is 0 Å².